The Morgan fingerprint density at radius 1 is 1.26 bits per heavy atom. The molecule has 0 saturated heterocycles. The SMILES string of the molecule is CC(C(=O)N(C)c1ccccc1C(=O)O)S(C)(=O)=O. The molecule has 1 unspecified atom stereocenters. The zero-order valence-electron chi connectivity index (χ0n) is 10.8. The monoisotopic (exact) mass is 285 g/mol. The van der Waals surface area contributed by atoms with Crippen LogP contribution in [-0.4, -0.2) is 44.0 Å². The van der Waals surface area contributed by atoms with E-state index < -0.39 is 27.0 Å². The number of para-hydroxylation sites is 1. The Labute approximate surface area is 111 Å². The first kappa shape index (κ1) is 15.2. The maximum absolute atomic E-state index is 12.0. The smallest absolute Gasteiger partial charge is 0.337 e. The number of carboxylic acid groups (broad SMARTS) is 1. The summed E-state index contributed by atoms with van der Waals surface area (Å²) >= 11 is 0. The van der Waals surface area contributed by atoms with E-state index >= 15 is 0 Å². The molecular weight excluding hydrogens is 270 g/mol. The van der Waals surface area contributed by atoms with Crippen molar-refractivity contribution in [2.45, 2.75) is 12.2 Å². The molecule has 1 aromatic rings. The molecular formula is C12H15NO5S. The molecule has 1 aromatic carbocycles. The number of hydrogen-bond acceptors (Lipinski definition) is 4. The number of carboxylic acids is 1. The third kappa shape index (κ3) is 3.31. The Morgan fingerprint density at radius 2 is 1.79 bits per heavy atom. The van der Waals surface area contributed by atoms with E-state index in [0.717, 1.165) is 11.2 Å². The van der Waals surface area contributed by atoms with E-state index in [1.807, 2.05) is 0 Å². The fraction of sp³-hybridized carbons (Fsp3) is 0.333. The molecule has 0 spiro atoms. The Balaban J connectivity index is 3.18. The summed E-state index contributed by atoms with van der Waals surface area (Å²) in [7, 11) is -2.17. The highest BCUT2D eigenvalue weighted by Gasteiger charge is 2.28. The van der Waals surface area contributed by atoms with Gasteiger partial charge in [-0.1, -0.05) is 12.1 Å². The average molecular weight is 285 g/mol. The number of aromatic carboxylic acids is 1. The second-order valence-corrected chi connectivity index (χ2v) is 6.56. The molecule has 7 heteroatoms. The van der Waals surface area contributed by atoms with E-state index in [2.05, 4.69) is 0 Å². The van der Waals surface area contributed by atoms with Gasteiger partial charge in [-0.05, 0) is 19.1 Å². The predicted molar refractivity (Wildman–Crippen MR) is 71.1 cm³/mol. The Morgan fingerprint density at radius 3 is 2.26 bits per heavy atom. The highest BCUT2D eigenvalue weighted by molar-refractivity contribution is 7.92. The minimum atomic E-state index is -3.53. The van der Waals surface area contributed by atoms with E-state index in [1.165, 1.54) is 32.2 Å². The van der Waals surface area contributed by atoms with Crippen LogP contribution in [-0.2, 0) is 14.6 Å². The van der Waals surface area contributed by atoms with Crippen molar-refractivity contribution in [3.05, 3.63) is 29.8 Å². The lowest BCUT2D eigenvalue weighted by Gasteiger charge is -2.22. The number of amides is 1. The van der Waals surface area contributed by atoms with Crippen molar-refractivity contribution >= 4 is 27.4 Å². The third-order valence-electron chi connectivity index (χ3n) is 2.82. The van der Waals surface area contributed by atoms with Crippen molar-refractivity contribution in [1.82, 2.24) is 0 Å². The number of nitrogens with zero attached hydrogens (tertiary/aromatic N) is 1. The number of hydrogen-bond donors (Lipinski definition) is 1. The number of rotatable bonds is 4. The summed E-state index contributed by atoms with van der Waals surface area (Å²) < 4.78 is 22.7. The Hall–Kier alpha value is -1.89. The van der Waals surface area contributed by atoms with Crippen LogP contribution in [0.25, 0.3) is 0 Å². The fourth-order valence-corrected chi connectivity index (χ4v) is 2.05. The van der Waals surface area contributed by atoms with Gasteiger partial charge < -0.3 is 10.0 Å². The van der Waals surface area contributed by atoms with E-state index in [9.17, 15) is 18.0 Å². The fourth-order valence-electron chi connectivity index (χ4n) is 1.52. The largest absolute Gasteiger partial charge is 0.478 e. The molecule has 1 amide bonds. The molecule has 0 fully saturated rings. The summed E-state index contributed by atoms with van der Waals surface area (Å²) in [6, 6.07) is 5.92. The van der Waals surface area contributed by atoms with Crippen LogP contribution in [0.3, 0.4) is 0 Å². The van der Waals surface area contributed by atoms with Gasteiger partial charge in [0.15, 0.2) is 9.84 Å². The van der Waals surface area contributed by atoms with Gasteiger partial charge in [0.25, 0.3) is 0 Å². The lowest BCUT2D eigenvalue weighted by Crippen LogP contribution is -2.39. The van der Waals surface area contributed by atoms with Crippen molar-refractivity contribution < 1.29 is 23.1 Å². The number of carbonyl (C=O) groups is 2. The van der Waals surface area contributed by atoms with Gasteiger partial charge in [-0.15, -0.1) is 0 Å². The first-order valence-electron chi connectivity index (χ1n) is 5.45. The van der Waals surface area contributed by atoms with E-state index in [-0.39, 0.29) is 11.3 Å². The second-order valence-electron chi connectivity index (χ2n) is 4.19. The van der Waals surface area contributed by atoms with Crippen LogP contribution in [0.4, 0.5) is 5.69 Å². The highest BCUT2D eigenvalue weighted by atomic mass is 32.2. The third-order valence-corrected chi connectivity index (χ3v) is 4.30. The van der Waals surface area contributed by atoms with Crippen molar-refractivity contribution in [2.75, 3.05) is 18.2 Å². The number of sulfone groups is 1. The lowest BCUT2D eigenvalue weighted by atomic mass is 10.1. The first-order chi connectivity index (χ1) is 8.66. The normalized spacial score (nSPS) is 12.8. The highest BCUT2D eigenvalue weighted by Crippen LogP contribution is 2.20. The lowest BCUT2D eigenvalue weighted by molar-refractivity contribution is -0.117. The van der Waals surface area contributed by atoms with Gasteiger partial charge in [0.1, 0.15) is 5.25 Å². The summed E-state index contributed by atoms with van der Waals surface area (Å²) in [5, 5.41) is 7.82. The van der Waals surface area contributed by atoms with E-state index in [4.69, 9.17) is 5.11 Å². The Kier molecular flexibility index (Phi) is 4.31. The predicted octanol–water partition coefficient (Wildman–Crippen LogP) is 0.781. The second kappa shape index (κ2) is 5.40. The van der Waals surface area contributed by atoms with Gasteiger partial charge >= 0.3 is 5.97 Å². The molecule has 0 aromatic heterocycles. The topological polar surface area (TPSA) is 91.8 Å². The first-order valence-corrected chi connectivity index (χ1v) is 7.40. The van der Waals surface area contributed by atoms with Gasteiger partial charge in [-0.25, -0.2) is 13.2 Å². The van der Waals surface area contributed by atoms with Crippen LogP contribution in [0.2, 0.25) is 0 Å². The zero-order valence-corrected chi connectivity index (χ0v) is 11.6. The van der Waals surface area contributed by atoms with Crippen LogP contribution in [0.1, 0.15) is 17.3 Å². The minimum absolute atomic E-state index is 0.0564. The summed E-state index contributed by atoms with van der Waals surface area (Å²) in [6.07, 6.45) is 0.965. The standard InChI is InChI=1S/C12H15NO5S/c1-8(19(3,17)18)11(14)13(2)10-7-5-4-6-9(10)12(15)16/h4-8H,1-3H3,(H,15,16). The molecule has 0 bridgehead atoms. The van der Waals surface area contributed by atoms with Crippen molar-refractivity contribution in [3.8, 4) is 0 Å². The van der Waals surface area contributed by atoms with Crippen molar-refractivity contribution in [1.29, 1.82) is 0 Å². The quantitative estimate of drug-likeness (QED) is 0.882. The molecule has 104 valence electrons. The molecule has 0 radical (unpaired) electrons. The number of carbonyl (C=O) groups excluding carboxylic acids is 1. The van der Waals surface area contributed by atoms with Crippen molar-refractivity contribution in [3.63, 3.8) is 0 Å². The summed E-state index contributed by atoms with van der Waals surface area (Å²) in [4.78, 5) is 24.1. The van der Waals surface area contributed by atoms with E-state index in [1.54, 1.807) is 6.07 Å². The molecule has 0 aliphatic heterocycles. The van der Waals surface area contributed by atoms with Crippen LogP contribution in [0.15, 0.2) is 24.3 Å². The molecule has 6 nitrogen and oxygen atoms in total. The molecule has 0 saturated carbocycles. The van der Waals surface area contributed by atoms with Gasteiger partial charge in [-0.3, -0.25) is 4.79 Å². The number of anilines is 1. The molecule has 0 heterocycles. The molecule has 0 aliphatic carbocycles. The van der Waals surface area contributed by atoms with Crippen molar-refractivity contribution in [2.24, 2.45) is 0 Å². The summed E-state index contributed by atoms with van der Waals surface area (Å²) in [5.74, 6) is -1.85. The number of benzene rings is 1. The summed E-state index contributed by atoms with van der Waals surface area (Å²) in [5.41, 5.74) is 0.106. The average Bonchev–Trinajstić information content (AvgIpc) is 2.34. The molecule has 19 heavy (non-hydrogen) atoms. The van der Waals surface area contributed by atoms with E-state index in [0.29, 0.717) is 0 Å². The molecule has 1 atom stereocenters. The van der Waals surface area contributed by atoms with Crippen LogP contribution in [0, 0.1) is 0 Å². The van der Waals surface area contributed by atoms with Crippen LogP contribution < -0.4 is 4.90 Å². The minimum Gasteiger partial charge on any atom is -0.478 e. The maximum atomic E-state index is 12.0. The maximum Gasteiger partial charge on any atom is 0.337 e. The molecule has 1 N–H and O–H groups in total. The molecule has 0 aliphatic rings. The van der Waals surface area contributed by atoms with Gasteiger partial charge in [-0.2, -0.15) is 0 Å². The summed E-state index contributed by atoms with van der Waals surface area (Å²) in [6.45, 7) is 1.28. The zero-order chi connectivity index (χ0) is 14.8. The van der Waals surface area contributed by atoms with Crippen LogP contribution >= 0.6 is 0 Å². The van der Waals surface area contributed by atoms with Gasteiger partial charge in [0, 0.05) is 13.3 Å². The Bertz CT molecular complexity index is 608. The van der Waals surface area contributed by atoms with Gasteiger partial charge in [0.2, 0.25) is 5.91 Å². The van der Waals surface area contributed by atoms with Gasteiger partial charge in [0.05, 0.1) is 11.3 Å². The van der Waals surface area contributed by atoms with Crippen LogP contribution in [0.5, 0.6) is 0 Å². The molecule has 1 rings (SSSR count).